The minimum Gasteiger partial charge on any atom is -0.307 e. The third-order valence-corrected chi connectivity index (χ3v) is 2.52. The van der Waals surface area contributed by atoms with Crippen LogP contribution in [-0.2, 0) is 7.05 Å². The standard InChI is InChI=1S/C12H15N2.C2H6/c1-4-9-7-14(3)8-11(10(9)5-2)12-6-13-12;1-2/h4-5,7-8,12-13H,1-2,6H2,3H3;1-2H3/q+1;. The maximum absolute atomic E-state index is 3.86. The van der Waals surface area contributed by atoms with Gasteiger partial charge in [-0.1, -0.05) is 39.2 Å². The molecule has 1 aliphatic rings. The number of pyridine rings is 1. The van der Waals surface area contributed by atoms with Crippen LogP contribution in [0.15, 0.2) is 25.6 Å². The van der Waals surface area contributed by atoms with Crippen molar-refractivity contribution < 1.29 is 4.57 Å². The van der Waals surface area contributed by atoms with Crippen molar-refractivity contribution in [1.82, 2.24) is 5.32 Å². The summed E-state index contributed by atoms with van der Waals surface area (Å²) in [6.45, 7) is 12.7. The highest BCUT2D eigenvalue weighted by molar-refractivity contribution is 5.65. The Morgan fingerprint density at radius 2 is 1.94 bits per heavy atom. The molecule has 1 atom stereocenters. The van der Waals surface area contributed by atoms with Crippen LogP contribution in [0.4, 0.5) is 0 Å². The molecule has 1 aromatic heterocycles. The number of aryl methyl sites for hydroxylation is 1. The SMILES string of the molecule is C=Cc1c[n+](C)cc(C2CN2)c1C=C.CC. The zero-order chi connectivity index (χ0) is 12.1. The van der Waals surface area contributed by atoms with Gasteiger partial charge in [-0.3, -0.25) is 0 Å². The van der Waals surface area contributed by atoms with Gasteiger partial charge < -0.3 is 5.32 Å². The van der Waals surface area contributed by atoms with Crippen LogP contribution in [0.25, 0.3) is 12.2 Å². The van der Waals surface area contributed by atoms with E-state index < -0.39 is 0 Å². The lowest BCUT2D eigenvalue weighted by molar-refractivity contribution is -0.672. The van der Waals surface area contributed by atoms with Crippen LogP contribution in [0.5, 0.6) is 0 Å². The summed E-state index contributed by atoms with van der Waals surface area (Å²) in [5.74, 6) is 0. The van der Waals surface area contributed by atoms with Crippen molar-refractivity contribution in [2.24, 2.45) is 7.05 Å². The minimum absolute atomic E-state index is 0.508. The molecule has 2 heteroatoms. The van der Waals surface area contributed by atoms with Gasteiger partial charge in [-0.05, 0) is 5.56 Å². The third kappa shape index (κ3) is 2.58. The number of nitrogens with zero attached hydrogens (tertiary/aromatic N) is 1. The van der Waals surface area contributed by atoms with Gasteiger partial charge in [-0.25, -0.2) is 4.57 Å². The maximum Gasteiger partial charge on any atom is 0.176 e. The number of nitrogens with one attached hydrogen (secondary N) is 1. The molecule has 0 aromatic carbocycles. The molecule has 0 amide bonds. The molecule has 0 spiro atoms. The monoisotopic (exact) mass is 217 g/mol. The van der Waals surface area contributed by atoms with Crippen molar-refractivity contribution in [3.05, 3.63) is 42.2 Å². The van der Waals surface area contributed by atoms with Crippen LogP contribution in [0.2, 0.25) is 0 Å². The molecule has 0 radical (unpaired) electrons. The molecule has 0 saturated carbocycles. The molecular formula is C14H21N2+. The summed E-state index contributed by atoms with van der Waals surface area (Å²) in [5.41, 5.74) is 3.67. The fraction of sp³-hybridized carbons (Fsp3) is 0.357. The molecule has 16 heavy (non-hydrogen) atoms. The van der Waals surface area contributed by atoms with Crippen molar-refractivity contribution in [2.75, 3.05) is 6.54 Å². The van der Waals surface area contributed by atoms with Gasteiger partial charge in [-0.2, -0.15) is 0 Å². The first-order valence-corrected chi connectivity index (χ1v) is 5.77. The highest BCUT2D eigenvalue weighted by Crippen LogP contribution is 2.27. The highest BCUT2D eigenvalue weighted by Gasteiger charge is 2.27. The number of rotatable bonds is 3. The Labute approximate surface area is 98.3 Å². The Morgan fingerprint density at radius 3 is 2.38 bits per heavy atom. The fourth-order valence-corrected chi connectivity index (χ4v) is 1.74. The van der Waals surface area contributed by atoms with Gasteiger partial charge in [0.05, 0.1) is 6.04 Å². The summed E-state index contributed by atoms with van der Waals surface area (Å²) < 4.78 is 2.07. The van der Waals surface area contributed by atoms with Gasteiger partial charge in [0.2, 0.25) is 0 Å². The predicted molar refractivity (Wildman–Crippen MR) is 69.9 cm³/mol. The van der Waals surface area contributed by atoms with E-state index in [1.807, 2.05) is 33.0 Å². The van der Waals surface area contributed by atoms with E-state index in [-0.39, 0.29) is 0 Å². The van der Waals surface area contributed by atoms with Crippen molar-refractivity contribution in [2.45, 2.75) is 19.9 Å². The first kappa shape index (κ1) is 12.7. The van der Waals surface area contributed by atoms with Crippen molar-refractivity contribution in [3.8, 4) is 0 Å². The molecule has 2 nitrogen and oxygen atoms in total. The molecule has 0 aliphatic carbocycles. The van der Waals surface area contributed by atoms with Crippen molar-refractivity contribution in [1.29, 1.82) is 0 Å². The molecule has 2 heterocycles. The zero-order valence-electron chi connectivity index (χ0n) is 10.5. The molecule has 2 rings (SSSR count). The lowest BCUT2D eigenvalue weighted by atomic mass is 10.0. The minimum atomic E-state index is 0.508. The van der Waals surface area contributed by atoms with Gasteiger partial charge >= 0.3 is 0 Å². The number of aromatic nitrogens is 1. The van der Waals surface area contributed by atoms with Gasteiger partial charge in [-0.15, -0.1) is 0 Å². The Kier molecular flexibility index (Phi) is 4.44. The predicted octanol–water partition coefficient (Wildman–Crippen LogP) is 2.47. The first-order valence-electron chi connectivity index (χ1n) is 5.77. The van der Waals surface area contributed by atoms with Gasteiger partial charge in [0.25, 0.3) is 0 Å². The van der Waals surface area contributed by atoms with E-state index in [1.165, 1.54) is 11.1 Å². The summed E-state index contributed by atoms with van der Waals surface area (Å²) >= 11 is 0. The molecule has 1 fully saturated rings. The number of hydrogen-bond acceptors (Lipinski definition) is 1. The lowest BCUT2D eigenvalue weighted by Crippen LogP contribution is -2.28. The summed E-state index contributed by atoms with van der Waals surface area (Å²) in [5, 5.41) is 3.31. The largest absolute Gasteiger partial charge is 0.307 e. The van der Waals surface area contributed by atoms with E-state index in [4.69, 9.17) is 0 Å². The number of hydrogen-bond donors (Lipinski definition) is 1. The second-order valence-corrected chi connectivity index (χ2v) is 3.62. The van der Waals surface area contributed by atoms with E-state index in [9.17, 15) is 0 Å². The van der Waals surface area contributed by atoms with E-state index in [1.54, 1.807) is 0 Å². The molecular weight excluding hydrogens is 196 g/mol. The Hall–Kier alpha value is -1.41. The van der Waals surface area contributed by atoms with Crippen LogP contribution >= 0.6 is 0 Å². The van der Waals surface area contributed by atoms with E-state index in [0.29, 0.717) is 6.04 Å². The Bertz CT molecular complexity index is 390. The molecule has 0 bridgehead atoms. The highest BCUT2D eigenvalue weighted by atomic mass is 15.1. The maximum atomic E-state index is 3.86. The van der Waals surface area contributed by atoms with E-state index in [2.05, 4.69) is 35.4 Å². The Morgan fingerprint density at radius 1 is 1.31 bits per heavy atom. The Balaban J connectivity index is 0.000000606. The summed E-state index contributed by atoms with van der Waals surface area (Å²) in [7, 11) is 2.03. The van der Waals surface area contributed by atoms with Crippen LogP contribution in [0.1, 0.15) is 36.6 Å². The average molecular weight is 217 g/mol. The molecule has 1 aromatic rings. The molecule has 86 valence electrons. The molecule has 1 aliphatic heterocycles. The van der Waals surface area contributed by atoms with Crippen LogP contribution in [-0.4, -0.2) is 6.54 Å². The second kappa shape index (κ2) is 5.61. The first-order chi connectivity index (χ1) is 7.76. The molecule has 1 N–H and O–H groups in total. The quantitative estimate of drug-likeness (QED) is 0.611. The summed E-state index contributed by atoms with van der Waals surface area (Å²) in [4.78, 5) is 0. The third-order valence-electron chi connectivity index (χ3n) is 2.52. The van der Waals surface area contributed by atoms with Gasteiger partial charge in [0.15, 0.2) is 12.4 Å². The van der Waals surface area contributed by atoms with E-state index in [0.717, 1.165) is 12.1 Å². The second-order valence-electron chi connectivity index (χ2n) is 3.62. The normalized spacial score (nSPS) is 17.1. The van der Waals surface area contributed by atoms with Crippen molar-refractivity contribution in [3.63, 3.8) is 0 Å². The summed E-state index contributed by atoms with van der Waals surface area (Å²) in [6.07, 6.45) is 8.00. The van der Waals surface area contributed by atoms with Gasteiger partial charge in [0, 0.05) is 17.7 Å². The fourth-order valence-electron chi connectivity index (χ4n) is 1.74. The smallest absolute Gasteiger partial charge is 0.176 e. The van der Waals surface area contributed by atoms with Gasteiger partial charge in [0.1, 0.15) is 7.05 Å². The van der Waals surface area contributed by atoms with Crippen LogP contribution in [0, 0.1) is 0 Å². The lowest BCUT2D eigenvalue weighted by Gasteiger charge is -2.04. The summed E-state index contributed by atoms with van der Waals surface area (Å²) in [6, 6.07) is 0.508. The van der Waals surface area contributed by atoms with Crippen LogP contribution < -0.4 is 9.88 Å². The molecule has 1 unspecified atom stereocenters. The molecule has 1 saturated heterocycles. The van der Waals surface area contributed by atoms with Crippen molar-refractivity contribution >= 4 is 12.2 Å². The van der Waals surface area contributed by atoms with Crippen LogP contribution in [0.3, 0.4) is 0 Å². The zero-order valence-corrected chi connectivity index (χ0v) is 10.5. The van der Waals surface area contributed by atoms with E-state index >= 15 is 0 Å². The average Bonchev–Trinajstić information content (AvgIpc) is 3.14. The topological polar surface area (TPSA) is 25.8 Å².